The van der Waals surface area contributed by atoms with Crippen LogP contribution < -0.4 is 5.73 Å². The van der Waals surface area contributed by atoms with E-state index in [4.69, 9.17) is 5.73 Å². The van der Waals surface area contributed by atoms with Crippen LogP contribution in [0.2, 0.25) is 0 Å². The van der Waals surface area contributed by atoms with Crippen LogP contribution in [0.1, 0.15) is 10.4 Å². The van der Waals surface area contributed by atoms with E-state index in [2.05, 4.69) is 11.2 Å². The molecule has 3 N–H and O–H groups in total. The Morgan fingerprint density at radius 3 is 2.92 bits per heavy atom. The number of benzene rings is 1. The molecule has 0 saturated carbocycles. The largest absolute Gasteiger partial charge is 0.366 e. The zero-order valence-corrected chi connectivity index (χ0v) is 6.29. The van der Waals surface area contributed by atoms with Crippen LogP contribution in [0.5, 0.6) is 0 Å². The molecule has 1 amide bonds. The molecule has 2 rings (SSSR count). The molecule has 12 heavy (non-hydrogen) atoms. The maximum Gasteiger partial charge on any atom is 0.251 e. The normalized spacial score (nSPS) is 10.3. The average molecular weight is 159 g/mol. The fourth-order valence-corrected chi connectivity index (χ4v) is 1.20. The Bertz CT molecular complexity index is 431. The lowest BCUT2D eigenvalue weighted by atomic mass is 10.2. The topological polar surface area (TPSA) is 58.9 Å². The van der Waals surface area contributed by atoms with Crippen LogP contribution in [-0.2, 0) is 0 Å². The molecule has 2 aromatic rings. The lowest BCUT2D eigenvalue weighted by Gasteiger charge is -1.89. The van der Waals surface area contributed by atoms with Crippen LogP contribution in [0.25, 0.3) is 10.9 Å². The number of carbonyl (C=O) groups is 1. The monoisotopic (exact) mass is 159 g/mol. The second kappa shape index (κ2) is 2.37. The van der Waals surface area contributed by atoms with Gasteiger partial charge in [-0.2, -0.15) is 0 Å². The van der Waals surface area contributed by atoms with Crippen LogP contribution >= 0.6 is 0 Å². The first-order valence-corrected chi connectivity index (χ1v) is 3.57. The SMILES string of the molecule is NC(=O)c1[c][nH]c2ccccc12. The third-order valence-electron chi connectivity index (χ3n) is 1.76. The number of hydrogen-bond donors (Lipinski definition) is 2. The van der Waals surface area contributed by atoms with Crippen molar-refractivity contribution in [2.24, 2.45) is 5.73 Å². The zero-order valence-electron chi connectivity index (χ0n) is 6.29. The summed E-state index contributed by atoms with van der Waals surface area (Å²) in [7, 11) is 0. The predicted octanol–water partition coefficient (Wildman–Crippen LogP) is 1.07. The summed E-state index contributed by atoms with van der Waals surface area (Å²) < 4.78 is 0. The van der Waals surface area contributed by atoms with Gasteiger partial charge in [0.1, 0.15) is 0 Å². The van der Waals surface area contributed by atoms with Crippen LogP contribution in [0.15, 0.2) is 24.3 Å². The van der Waals surface area contributed by atoms with E-state index in [0.717, 1.165) is 10.9 Å². The molecule has 1 radical (unpaired) electrons. The molecule has 0 aliphatic rings. The van der Waals surface area contributed by atoms with Crippen LogP contribution in [0.4, 0.5) is 0 Å². The molecule has 0 unspecified atom stereocenters. The minimum atomic E-state index is -0.451. The summed E-state index contributed by atoms with van der Waals surface area (Å²) in [5, 5.41) is 0.824. The van der Waals surface area contributed by atoms with Gasteiger partial charge < -0.3 is 10.7 Å². The number of amides is 1. The van der Waals surface area contributed by atoms with Crippen LogP contribution in [0, 0.1) is 6.20 Å². The summed E-state index contributed by atoms with van der Waals surface area (Å²) in [6, 6.07) is 7.45. The fraction of sp³-hybridized carbons (Fsp3) is 0. The molecule has 0 bridgehead atoms. The van der Waals surface area contributed by atoms with Gasteiger partial charge in [-0.05, 0) is 6.07 Å². The summed E-state index contributed by atoms with van der Waals surface area (Å²) in [6.45, 7) is 0. The highest BCUT2D eigenvalue weighted by Crippen LogP contribution is 2.15. The number of fused-ring (bicyclic) bond motifs is 1. The van der Waals surface area contributed by atoms with Crippen molar-refractivity contribution in [3.8, 4) is 0 Å². The van der Waals surface area contributed by atoms with Crippen LogP contribution in [-0.4, -0.2) is 10.9 Å². The van der Waals surface area contributed by atoms with Crippen molar-refractivity contribution in [1.29, 1.82) is 0 Å². The molecule has 3 nitrogen and oxygen atoms in total. The molecule has 1 aromatic carbocycles. The number of aromatic amines is 1. The fourth-order valence-electron chi connectivity index (χ4n) is 1.20. The van der Waals surface area contributed by atoms with Gasteiger partial charge in [-0.3, -0.25) is 4.79 Å². The quantitative estimate of drug-likeness (QED) is 0.642. The second-order valence-electron chi connectivity index (χ2n) is 2.53. The summed E-state index contributed by atoms with van der Waals surface area (Å²) >= 11 is 0. The third kappa shape index (κ3) is 0.871. The summed E-state index contributed by atoms with van der Waals surface area (Å²) in [4.78, 5) is 13.7. The number of para-hydroxylation sites is 1. The number of hydrogen-bond acceptors (Lipinski definition) is 1. The minimum absolute atomic E-state index is 0.422. The Morgan fingerprint density at radius 2 is 2.17 bits per heavy atom. The highest BCUT2D eigenvalue weighted by atomic mass is 16.1. The number of nitrogens with two attached hydrogens (primary N) is 1. The molecule has 1 aromatic heterocycles. The lowest BCUT2D eigenvalue weighted by molar-refractivity contribution is 0.100. The van der Waals surface area contributed by atoms with Gasteiger partial charge in [-0.15, -0.1) is 0 Å². The molecular formula is C9H7N2O. The first-order valence-electron chi connectivity index (χ1n) is 3.57. The molecule has 1 heterocycles. The van der Waals surface area contributed by atoms with Gasteiger partial charge in [0.15, 0.2) is 0 Å². The maximum atomic E-state index is 10.8. The van der Waals surface area contributed by atoms with E-state index in [1.807, 2.05) is 24.3 Å². The predicted molar refractivity (Wildman–Crippen MR) is 45.7 cm³/mol. The van der Waals surface area contributed by atoms with Gasteiger partial charge in [0.05, 0.1) is 11.8 Å². The smallest absolute Gasteiger partial charge is 0.251 e. The van der Waals surface area contributed by atoms with Crippen molar-refractivity contribution in [2.45, 2.75) is 0 Å². The van der Waals surface area contributed by atoms with Crippen molar-refractivity contribution in [3.63, 3.8) is 0 Å². The van der Waals surface area contributed by atoms with E-state index < -0.39 is 5.91 Å². The molecule has 3 heteroatoms. The molecular weight excluding hydrogens is 152 g/mol. The van der Waals surface area contributed by atoms with Crippen molar-refractivity contribution in [3.05, 3.63) is 36.0 Å². The third-order valence-corrected chi connectivity index (χ3v) is 1.76. The molecule has 0 aliphatic carbocycles. The van der Waals surface area contributed by atoms with Gasteiger partial charge in [0.2, 0.25) is 0 Å². The van der Waals surface area contributed by atoms with Gasteiger partial charge in [-0.1, -0.05) is 18.2 Å². The number of nitrogens with one attached hydrogen (secondary N) is 1. The van der Waals surface area contributed by atoms with Crippen molar-refractivity contribution < 1.29 is 4.79 Å². The molecule has 0 atom stereocenters. The Labute approximate surface area is 69.2 Å². The number of rotatable bonds is 1. The number of carbonyl (C=O) groups excluding carboxylic acids is 1. The standard InChI is InChI=1S/C9H7N2O/c10-9(12)7-5-11-8-4-2-1-3-6(7)8/h1-4,11H,(H2,10,12). The van der Waals surface area contributed by atoms with E-state index in [9.17, 15) is 4.79 Å². The number of primary amides is 1. The summed E-state index contributed by atoms with van der Waals surface area (Å²) in [6.07, 6.45) is 2.71. The first kappa shape index (κ1) is 6.91. The zero-order chi connectivity index (χ0) is 8.55. The van der Waals surface area contributed by atoms with E-state index in [0.29, 0.717) is 5.56 Å². The second-order valence-corrected chi connectivity index (χ2v) is 2.53. The highest BCUT2D eigenvalue weighted by Gasteiger charge is 2.07. The summed E-state index contributed by atoms with van der Waals surface area (Å²) in [5.74, 6) is -0.451. The lowest BCUT2D eigenvalue weighted by Crippen LogP contribution is -2.09. The molecule has 0 spiro atoms. The van der Waals surface area contributed by atoms with Crippen molar-refractivity contribution >= 4 is 16.8 Å². The van der Waals surface area contributed by atoms with E-state index in [1.165, 1.54) is 0 Å². The Kier molecular flexibility index (Phi) is 1.37. The number of H-pyrrole nitrogens is 1. The van der Waals surface area contributed by atoms with Crippen LogP contribution in [0.3, 0.4) is 0 Å². The average Bonchev–Trinajstić information content (AvgIpc) is 2.47. The summed E-state index contributed by atoms with van der Waals surface area (Å²) in [5.41, 5.74) is 6.44. The van der Waals surface area contributed by atoms with Gasteiger partial charge in [0.25, 0.3) is 5.91 Å². The Hall–Kier alpha value is -1.77. The molecule has 0 aliphatic heterocycles. The Balaban J connectivity index is 2.79. The van der Waals surface area contributed by atoms with Gasteiger partial charge in [-0.25, -0.2) is 0 Å². The van der Waals surface area contributed by atoms with Gasteiger partial charge in [0, 0.05) is 10.9 Å². The Morgan fingerprint density at radius 1 is 1.42 bits per heavy atom. The first-order chi connectivity index (χ1) is 5.79. The maximum absolute atomic E-state index is 10.8. The number of aromatic nitrogens is 1. The van der Waals surface area contributed by atoms with E-state index in [-0.39, 0.29) is 0 Å². The van der Waals surface area contributed by atoms with E-state index in [1.54, 1.807) is 0 Å². The minimum Gasteiger partial charge on any atom is -0.366 e. The molecule has 59 valence electrons. The van der Waals surface area contributed by atoms with Gasteiger partial charge >= 0.3 is 0 Å². The van der Waals surface area contributed by atoms with E-state index >= 15 is 0 Å². The highest BCUT2D eigenvalue weighted by molar-refractivity contribution is 6.05. The van der Waals surface area contributed by atoms with Crippen molar-refractivity contribution in [2.75, 3.05) is 0 Å². The molecule has 0 saturated heterocycles. The molecule has 0 fully saturated rings. The van der Waals surface area contributed by atoms with Crippen molar-refractivity contribution in [1.82, 2.24) is 4.98 Å².